The number of amides is 2. The number of aliphatic carboxylic acids is 1. The minimum Gasteiger partial charge on any atom is -0.481 e. The third-order valence-electron chi connectivity index (χ3n) is 4.13. The Kier molecular flexibility index (Phi) is 7.46. The van der Waals surface area contributed by atoms with Crippen LogP contribution in [0.3, 0.4) is 0 Å². The molecule has 1 aliphatic heterocycles. The number of carboxylic acids is 1. The molecule has 3 atom stereocenters. The summed E-state index contributed by atoms with van der Waals surface area (Å²) in [5.74, 6) is -2.86. The van der Waals surface area contributed by atoms with E-state index in [1.165, 1.54) is 4.90 Å². The maximum atomic E-state index is 12.2. The number of hydrogen-bond acceptors (Lipinski definition) is 6. The van der Waals surface area contributed by atoms with E-state index >= 15 is 0 Å². The van der Waals surface area contributed by atoms with Crippen molar-refractivity contribution in [3.05, 3.63) is 0 Å². The number of nitrogens with zero attached hydrogens (tertiary/aromatic N) is 1. The van der Waals surface area contributed by atoms with Gasteiger partial charge in [-0.25, -0.2) is 0 Å². The van der Waals surface area contributed by atoms with Crippen LogP contribution in [-0.2, 0) is 14.4 Å². The molecule has 0 radical (unpaired) electrons. The van der Waals surface area contributed by atoms with Crippen molar-refractivity contribution in [3.63, 3.8) is 0 Å². The van der Waals surface area contributed by atoms with Gasteiger partial charge in [-0.2, -0.15) is 0 Å². The highest BCUT2D eigenvalue weighted by Crippen LogP contribution is 2.29. The van der Waals surface area contributed by atoms with Gasteiger partial charge >= 0.3 is 13.1 Å². The van der Waals surface area contributed by atoms with E-state index in [2.05, 4.69) is 0 Å². The molecule has 0 aromatic rings. The van der Waals surface area contributed by atoms with Crippen LogP contribution in [0.25, 0.3) is 0 Å². The predicted molar refractivity (Wildman–Crippen MR) is 81.8 cm³/mol. The quantitative estimate of drug-likeness (QED) is 0.305. The van der Waals surface area contributed by atoms with E-state index in [0.29, 0.717) is 12.8 Å². The van der Waals surface area contributed by atoms with Crippen LogP contribution in [0.15, 0.2) is 0 Å². The van der Waals surface area contributed by atoms with Crippen LogP contribution in [0.1, 0.15) is 25.7 Å². The minimum absolute atomic E-state index is 0.000915. The molecule has 23 heavy (non-hydrogen) atoms. The Bertz CT molecular complexity index is 447. The summed E-state index contributed by atoms with van der Waals surface area (Å²) in [6.45, 7) is 0.340. The van der Waals surface area contributed by atoms with Crippen LogP contribution in [0.4, 0.5) is 0 Å². The molecule has 1 heterocycles. The first kappa shape index (κ1) is 19.4. The monoisotopic (exact) mass is 329 g/mol. The molecule has 1 aliphatic rings. The van der Waals surface area contributed by atoms with Crippen molar-refractivity contribution < 1.29 is 29.5 Å². The molecule has 0 aliphatic carbocycles. The van der Waals surface area contributed by atoms with Gasteiger partial charge in [0, 0.05) is 19.5 Å². The second-order valence-corrected chi connectivity index (χ2v) is 5.97. The van der Waals surface area contributed by atoms with Gasteiger partial charge in [-0.3, -0.25) is 14.4 Å². The molecule has 7 N–H and O–H groups in total. The van der Waals surface area contributed by atoms with Gasteiger partial charge in [0.2, 0.25) is 11.8 Å². The van der Waals surface area contributed by atoms with Gasteiger partial charge in [0.1, 0.15) is 0 Å². The van der Waals surface area contributed by atoms with Crippen LogP contribution in [0.5, 0.6) is 0 Å². The number of carbonyl (C=O) groups excluding carboxylic acids is 2. The fourth-order valence-corrected chi connectivity index (χ4v) is 2.84. The summed E-state index contributed by atoms with van der Waals surface area (Å²) in [6, 6.07) is -0.880. The first-order valence-electron chi connectivity index (χ1n) is 7.64. The van der Waals surface area contributed by atoms with E-state index in [9.17, 15) is 19.5 Å². The lowest BCUT2D eigenvalue weighted by atomic mass is 9.80. The van der Waals surface area contributed by atoms with Crippen molar-refractivity contribution in [2.75, 3.05) is 13.1 Å². The molecule has 0 spiro atoms. The first-order chi connectivity index (χ1) is 10.7. The maximum absolute atomic E-state index is 12.2. The van der Waals surface area contributed by atoms with Gasteiger partial charge < -0.3 is 31.5 Å². The van der Waals surface area contributed by atoms with E-state index in [1.807, 2.05) is 0 Å². The predicted octanol–water partition coefficient (Wildman–Crippen LogP) is -2.01. The largest absolute Gasteiger partial charge is 0.481 e. The molecule has 0 aromatic carbocycles. The van der Waals surface area contributed by atoms with Gasteiger partial charge in [-0.05, 0) is 25.1 Å². The van der Waals surface area contributed by atoms with Gasteiger partial charge in [0.05, 0.1) is 12.0 Å². The lowest BCUT2D eigenvalue weighted by Crippen LogP contribution is -2.43. The zero-order chi connectivity index (χ0) is 17.6. The van der Waals surface area contributed by atoms with Crippen LogP contribution >= 0.6 is 0 Å². The highest BCUT2D eigenvalue weighted by atomic mass is 16.4. The van der Waals surface area contributed by atoms with E-state index in [1.54, 1.807) is 0 Å². The number of hydrogen-bond donors (Lipinski definition) is 5. The number of carbonyl (C=O) groups is 3. The van der Waals surface area contributed by atoms with Crippen molar-refractivity contribution in [1.82, 2.24) is 4.90 Å². The second-order valence-electron chi connectivity index (χ2n) is 5.97. The summed E-state index contributed by atoms with van der Waals surface area (Å²) in [6.07, 6.45) is 1.23. The number of rotatable bonds is 9. The molecule has 1 unspecified atom stereocenters. The van der Waals surface area contributed by atoms with E-state index in [4.69, 9.17) is 21.5 Å². The van der Waals surface area contributed by atoms with E-state index in [-0.39, 0.29) is 44.1 Å². The summed E-state index contributed by atoms with van der Waals surface area (Å²) >= 11 is 0. The summed E-state index contributed by atoms with van der Waals surface area (Å²) in [5.41, 5.74) is 10.8. The average Bonchev–Trinajstić information content (AvgIpc) is 2.87. The highest BCUT2D eigenvalue weighted by molar-refractivity contribution is 6.40. The van der Waals surface area contributed by atoms with Crippen molar-refractivity contribution >= 4 is 24.9 Å². The normalized spacial score (nSPS) is 22.0. The van der Waals surface area contributed by atoms with Crippen molar-refractivity contribution in [2.45, 2.75) is 38.0 Å². The molecule has 2 amide bonds. The summed E-state index contributed by atoms with van der Waals surface area (Å²) in [7, 11) is -1.42. The SMILES string of the molecule is NC(=O)CCC(N)C(=O)N1C[C@H](CCCB(O)O)[C@H](C(=O)O)C1. The maximum Gasteiger partial charge on any atom is 0.451 e. The molecule has 0 bridgehead atoms. The highest BCUT2D eigenvalue weighted by Gasteiger charge is 2.40. The number of carboxylic acid groups (broad SMARTS) is 1. The molecule has 1 fully saturated rings. The summed E-state index contributed by atoms with van der Waals surface area (Å²) in [5, 5.41) is 27.0. The standard InChI is InChI=1S/C13H24BN3O6/c15-10(3-4-11(16)18)12(19)17-6-8(2-1-5-14(22)23)9(7-17)13(20)21/h8-10,22-23H,1-7,15H2,(H2,16,18)(H,20,21)/t8-,9+,10?/m0/s1. The number of nitrogens with two attached hydrogens (primary N) is 2. The molecule has 0 aromatic heterocycles. The molecule has 9 nitrogen and oxygen atoms in total. The molecular formula is C13H24BN3O6. The smallest absolute Gasteiger partial charge is 0.451 e. The van der Waals surface area contributed by atoms with E-state index < -0.39 is 31.0 Å². The van der Waals surface area contributed by atoms with Crippen molar-refractivity contribution in [2.24, 2.45) is 23.3 Å². The average molecular weight is 329 g/mol. The first-order valence-corrected chi connectivity index (χ1v) is 7.64. The molecule has 10 heteroatoms. The zero-order valence-corrected chi connectivity index (χ0v) is 12.9. The molecule has 1 rings (SSSR count). The van der Waals surface area contributed by atoms with Gasteiger partial charge in [-0.15, -0.1) is 0 Å². The zero-order valence-electron chi connectivity index (χ0n) is 12.9. The Morgan fingerprint density at radius 3 is 2.43 bits per heavy atom. The van der Waals surface area contributed by atoms with Gasteiger partial charge in [-0.1, -0.05) is 6.42 Å². The Morgan fingerprint density at radius 2 is 1.91 bits per heavy atom. The van der Waals surface area contributed by atoms with Crippen LogP contribution in [-0.4, -0.2) is 64.1 Å². The lowest BCUT2D eigenvalue weighted by Gasteiger charge is -2.20. The third-order valence-corrected chi connectivity index (χ3v) is 4.13. The fraction of sp³-hybridized carbons (Fsp3) is 0.769. The Balaban J connectivity index is 2.59. The third kappa shape index (κ3) is 6.16. The summed E-state index contributed by atoms with van der Waals surface area (Å²) in [4.78, 5) is 35.7. The van der Waals surface area contributed by atoms with Crippen molar-refractivity contribution in [3.8, 4) is 0 Å². The number of primary amides is 1. The fourth-order valence-electron chi connectivity index (χ4n) is 2.84. The van der Waals surface area contributed by atoms with Crippen LogP contribution in [0, 0.1) is 11.8 Å². The number of likely N-dealkylation sites (tertiary alicyclic amines) is 1. The van der Waals surface area contributed by atoms with E-state index in [0.717, 1.165) is 0 Å². The van der Waals surface area contributed by atoms with Crippen LogP contribution in [0.2, 0.25) is 6.32 Å². The topological polar surface area (TPSA) is 167 Å². The minimum atomic E-state index is -1.42. The van der Waals surface area contributed by atoms with Crippen molar-refractivity contribution in [1.29, 1.82) is 0 Å². The second kappa shape index (κ2) is 8.85. The molecule has 130 valence electrons. The molecule has 0 saturated carbocycles. The van der Waals surface area contributed by atoms with Gasteiger partial charge in [0.15, 0.2) is 0 Å². The summed E-state index contributed by atoms with van der Waals surface area (Å²) < 4.78 is 0. The Hall–Kier alpha value is -1.65. The molecule has 1 saturated heterocycles. The lowest BCUT2D eigenvalue weighted by molar-refractivity contribution is -0.142. The Labute approximate surface area is 134 Å². The molecular weight excluding hydrogens is 305 g/mol. The van der Waals surface area contributed by atoms with Gasteiger partial charge in [0.25, 0.3) is 0 Å². The van der Waals surface area contributed by atoms with Crippen LogP contribution < -0.4 is 11.5 Å². The Morgan fingerprint density at radius 1 is 1.26 bits per heavy atom.